The standard InChI is InChI=1S/C28H54N4O6S4/c1-7-12-28-27(6,29(21-35-13-17-39-8-2)25(33)31(28)23-37-15-19-41-10-4)30(22-36-14-18-40-9-3)26(34)32(28)24-38-16-20-42-11-5/h7-24H2,1-6H3. The zero-order chi connectivity index (χ0) is 30.8. The second kappa shape index (κ2) is 20.7. The Labute approximate surface area is 271 Å². The van der Waals surface area contributed by atoms with E-state index in [1.165, 1.54) is 0 Å². The van der Waals surface area contributed by atoms with Crippen LogP contribution in [0.5, 0.6) is 0 Å². The van der Waals surface area contributed by atoms with E-state index >= 15 is 0 Å². The van der Waals surface area contributed by atoms with Gasteiger partial charge in [0, 0.05) is 23.0 Å². The van der Waals surface area contributed by atoms with Gasteiger partial charge in [0.2, 0.25) is 0 Å². The number of carbonyl (C=O) groups is 2. The van der Waals surface area contributed by atoms with E-state index in [-0.39, 0.29) is 39.0 Å². The molecule has 4 amide bonds. The number of carbonyl (C=O) groups excluding carboxylic acids is 2. The van der Waals surface area contributed by atoms with Crippen molar-refractivity contribution in [3.8, 4) is 0 Å². The van der Waals surface area contributed by atoms with Crippen molar-refractivity contribution in [1.29, 1.82) is 0 Å². The summed E-state index contributed by atoms with van der Waals surface area (Å²) in [4.78, 5) is 35.5. The quantitative estimate of drug-likeness (QED) is 0.109. The Bertz CT molecular complexity index is 735. The predicted octanol–water partition coefficient (Wildman–Crippen LogP) is 5.58. The number of amides is 4. The number of rotatable bonds is 26. The number of hydrogen-bond acceptors (Lipinski definition) is 10. The lowest BCUT2D eigenvalue weighted by atomic mass is 9.89. The second-order valence-corrected chi connectivity index (χ2v) is 15.4. The number of fused-ring (bicyclic) bond motifs is 1. The Morgan fingerprint density at radius 1 is 0.548 bits per heavy atom. The number of hydrogen-bond donors (Lipinski definition) is 0. The summed E-state index contributed by atoms with van der Waals surface area (Å²) >= 11 is 7.18. The zero-order valence-corrected chi connectivity index (χ0v) is 29.9. The van der Waals surface area contributed by atoms with Gasteiger partial charge in [0.1, 0.15) is 26.9 Å². The van der Waals surface area contributed by atoms with Crippen molar-refractivity contribution in [2.24, 2.45) is 0 Å². The van der Waals surface area contributed by atoms with Gasteiger partial charge >= 0.3 is 12.1 Å². The van der Waals surface area contributed by atoms with Gasteiger partial charge in [0.15, 0.2) is 11.3 Å². The first-order chi connectivity index (χ1) is 20.4. The minimum atomic E-state index is -1.06. The Kier molecular flexibility index (Phi) is 18.7. The van der Waals surface area contributed by atoms with Gasteiger partial charge in [-0.15, -0.1) is 0 Å². The van der Waals surface area contributed by atoms with E-state index in [0.29, 0.717) is 32.8 Å². The van der Waals surface area contributed by atoms with Crippen LogP contribution in [0.1, 0.15) is 54.4 Å². The Morgan fingerprint density at radius 2 is 0.857 bits per heavy atom. The first-order valence-electron chi connectivity index (χ1n) is 15.2. The van der Waals surface area contributed by atoms with Gasteiger partial charge in [0.05, 0.1) is 26.4 Å². The molecule has 0 radical (unpaired) electrons. The van der Waals surface area contributed by atoms with Crippen LogP contribution >= 0.6 is 47.0 Å². The van der Waals surface area contributed by atoms with E-state index in [4.69, 9.17) is 18.9 Å². The van der Waals surface area contributed by atoms with Gasteiger partial charge in [-0.2, -0.15) is 47.0 Å². The molecule has 0 aliphatic carbocycles. The molecule has 0 unspecified atom stereocenters. The Balaban J connectivity index is 2.46. The summed E-state index contributed by atoms with van der Waals surface area (Å²) in [6.45, 7) is 14.9. The smallest absolute Gasteiger partial charge is 0.327 e. The third-order valence-corrected chi connectivity index (χ3v) is 10.9. The van der Waals surface area contributed by atoms with Crippen LogP contribution in [0.15, 0.2) is 0 Å². The van der Waals surface area contributed by atoms with Crippen LogP contribution in [0.3, 0.4) is 0 Å². The summed E-state index contributed by atoms with van der Waals surface area (Å²) in [7, 11) is 0. The van der Waals surface area contributed by atoms with E-state index in [0.717, 1.165) is 52.4 Å². The van der Waals surface area contributed by atoms with Crippen molar-refractivity contribution in [1.82, 2.24) is 19.6 Å². The van der Waals surface area contributed by atoms with Crippen LogP contribution in [0, 0.1) is 0 Å². The number of nitrogens with zero attached hydrogens (tertiary/aromatic N) is 4. The average molecular weight is 671 g/mol. The highest BCUT2D eigenvalue weighted by Gasteiger charge is 2.76. The summed E-state index contributed by atoms with van der Waals surface area (Å²) in [5.41, 5.74) is -2.08. The number of urea groups is 2. The topological polar surface area (TPSA) is 84.0 Å². The maximum atomic E-state index is 14.3. The summed E-state index contributed by atoms with van der Waals surface area (Å²) in [5.74, 6) is 7.39. The largest absolute Gasteiger partial charge is 0.360 e. The van der Waals surface area contributed by atoms with Crippen molar-refractivity contribution in [2.75, 3.05) is 99.4 Å². The van der Waals surface area contributed by atoms with Crippen LogP contribution in [-0.2, 0) is 18.9 Å². The Morgan fingerprint density at radius 3 is 1.14 bits per heavy atom. The number of thioether (sulfide) groups is 4. The molecule has 42 heavy (non-hydrogen) atoms. The molecule has 2 heterocycles. The van der Waals surface area contributed by atoms with E-state index < -0.39 is 11.3 Å². The molecule has 0 bridgehead atoms. The van der Waals surface area contributed by atoms with Crippen molar-refractivity contribution in [3.05, 3.63) is 0 Å². The highest BCUT2D eigenvalue weighted by molar-refractivity contribution is 7.99. The third kappa shape index (κ3) is 9.17. The SMILES string of the molecule is CCCC12N(COCCSCC)C(=O)N(COCCSCC)C1(C)N(COCCSCC)C(=O)N2COCCSCC. The van der Waals surface area contributed by atoms with Gasteiger partial charge in [0.25, 0.3) is 0 Å². The molecule has 2 fully saturated rings. The molecule has 0 aromatic carbocycles. The third-order valence-electron chi connectivity index (χ3n) is 7.41. The molecule has 2 aliphatic heterocycles. The monoisotopic (exact) mass is 670 g/mol. The lowest BCUT2D eigenvalue weighted by Gasteiger charge is -2.47. The maximum Gasteiger partial charge on any atom is 0.327 e. The average Bonchev–Trinajstić information content (AvgIpc) is 3.26. The molecule has 246 valence electrons. The van der Waals surface area contributed by atoms with Crippen molar-refractivity contribution in [3.63, 3.8) is 0 Å². The first kappa shape index (κ1) is 38.0. The van der Waals surface area contributed by atoms with Crippen LogP contribution in [0.2, 0.25) is 0 Å². The molecule has 10 nitrogen and oxygen atoms in total. The minimum absolute atomic E-state index is 0.0740. The van der Waals surface area contributed by atoms with Gasteiger partial charge in [-0.3, -0.25) is 19.6 Å². The lowest BCUT2D eigenvalue weighted by molar-refractivity contribution is -0.135. The van der Waals surface area contributed by atoms with Crippen LogP contribution < -0.4 is 0 Å². The fraction of sp³-hybridized carbons (Fsp3) is 0.929. The van der Waals surface area contributed by atoms with Crippen LogP contribution in [0.4, 0.5) is 9.59 Å². The van der Waals surface area contributed by atoms with Gasteiger partial charge in [-0.1, -0.05) is 41.0 Å². The first-order valence-corrected chi connectivity index (χ1v) is 19.8. The molecule has 0 aromatic heterocycles. The van der Waals surface area contributed by atoms with Gasteiger partial charge in [-0.05, 0) is 36.4 Å². The number of ether oxygens (including phenoxy) is 4. The zero-order valence-electron chi connectivity index (χ0n) is 26.6. The molecular formula is C28H54N4O6S4. The molecule has 0 spiro atoms. The fourth-order valence-corrected chi connectivity index (χ4v) is 7.53. The second-order valence-electron chi connectivity index (χ2n) is 9.80. The highest BCUT2D eigenvalue weighted by Crippen LogP contribution is 2.53. The normalized spacial score (nSPS) is 22.2. The molecule has 2 saturated heterocycles. The van der Waals surface area contributed by atoms with Crippen molar-refractivity contribution in [2.45, 2.75) is 65.7 Å². The molecule has 0 saturated carbocycles. The van der Waals surface area contributed by atoms with Crippen LogP contribution in [0.25, 0.3) is 0 Å². The van der Waals surface area contributed by atoms with Crippen molar-refractivity contribution < 1.29 is 28.5 Å². The molecular weight excluding hydrogens is 617 g/mol. The molecule has 2 aliphatic rings. The molecule has 0 N–H and O–H groups in total. The molecule has 0 atom stereocenters. The molecule has 14 heteroatoms. The highest BCUT2D eigenvalue weighted by atomic mass is 32.2. The Hall–Kier alpha value is -0.220. The summed E-state index contributed by atoms with van der Waals surface area (Å²) in [5, 5.41) is 0. The summed E-state index contributed by atoms with van der Waals surface area (Å²) < 4.78 is 24.3. The van der Waals surface area contributed by atoms with E-state index in [9.17, 15) is 9.59 Å². The van der Waals surface area contributed by atoms with E-state index in [1.807, 2.05) is 6.92 Å². The summed E-state index contributed by atoms with van der Waals surface area (Å²) in [6.07, 6.45) is 1.32. The minimum Gasteiger partial charge on any atom is -0.360 e. The van der Waals surface area contributed by atoms with Gasteiger partial charge < -0.3 is 18.9 Å². The van der Waals surface area contributed by atoms with Gasteiger partial charge in [-0.25, -0.2) is 9.59 Å². The fourth-order valence-electron chi connectivity index (χ4n) is 5.43. The predicted molar refractivity (Wildman–Crippen MR) is 179 cm³/mol. The van der Waals surface area contributed by atoms with Crippen molar-refractivity contribution >= 4 is 59.1 Å². The maximum absolute atomic E-state index is 14.3. The lowest BCUT2D eigenvalue weighted by Crippen LogP contribution is -2.67. The van der Waals surface area contributed by atoms with E-state index in [1.54, 1.807) is 66.6 Å². The van der Waals surface area contributed by atoms with E-state index in [2.05, 4.69) is 34.6 Å². The molecule has 2 rings (SSSR count). The van der Waals surface area contributed by atoms with Crippen LogP contribution in [-0.4, -0.2) is 142 Å². The molecule has 0 aromatic rings. The summed E-state index contributed by atoms with van der Waals surface area (Å²) in [6, 6.07) is -0.411.